The van der Waals surface area contributed by atoms with Gasteiger partial charge in [0.2, 0.25) is 15.6 Å². The zero-order chi connectivity index (χ0) is 24.4. The SMILES string of the molecule is Cn1cc(-c2cc(NS(=O)(=O)CCC(F)(F)F)nc(Oc3c(F)cccc3Cl)n2)ccc1=O. The van der Waals surface area contributed by atoms with Crippen LogP contribution < -0.4 is 15.0 Å². The van der Waals surface area contributed by atoms with Crippen molar-refractivity contribution in [1.29, 1.82) is 0 Å². The number of nitrogens with one attached hydrogen (secondary N) is 1. The summed E-state index contributed by atoms with van der Waals surface area (Å²) in [4.78, 5) is 19.5. The van der Waals surface area contributed by atoms with Crippen molar-refractivity contribution in [2.24, 2.45) is 7.05 Å². The molecule has 2 aromatic heterocycles. The molecule has 176 valence electrons. The number of nitrogens with zero attached hydrogens (tertiary/aromatic N) is 3. The molecule has 3 aromatic rings. The Labute approximate surface area is 189 Å². The van der Waals surface area contributed by atoms with Gasteiger partial charge in [0.1, 0.15) is 5.82 Å². The van der Waals surface area contributed by atoms with E-state index in [0.717, 1.165) is 12.1 Å². The minimum absolute atomic E-state index is 0.0385. The van der Waals surface area contributed by atoms with Gasteiger partial charge in [-0.1, -0.05) is 17.7 Å². The second-order valence-electron chi connectivity index (χ2n) is 6.73. The average Bonchev–Trinajstić information content (AvgIpc) is 2.70. The first-order valence-corrected chi connectivity index (χ1v) is 11.1. The lowest BCUT2D eigenvalue weighted by atomic mass is 10.2. The van der Waals surface area contributed by atoms with Gasteiger partial charge in [-0.2, -0.15) is 23.1 Å². The molecule has 0 saturated heterocycles. The lowest BCUT2D eigenvalue weighted by molar-refractivity contribution is -0.129. The van der Waals surface area contributed by atoms with Crippen LogP contribution in [0, 0.1) is 5.82 Å². The molecule has 8 nitrogen and oxygen atoms in total. The van der Waals surface area contributed by atoms with Crippen LogP contribution in [-0.4, -0.2) is 34.9 Å². The number of rotatable bonds is 7. The summed E-state index contributed by atoms with van der Waals surface area (Å²) >= 11 is 5.93. The first kappa shape index (κ1) is 24.5. The highest BCUT2D eigenvalue weighted by atomic mass is 35.5. The summed E-state index contributed by atoms with van der Waals surface area (Å²) in [6, 6.07) is 6.90. The molecule has 1 N–H and O–H groups in total. The van der Waals surface area contributed by atoms with E-state index in [1.165, 1.54) is 42.1 Å². The Hall–Kier alpha value is -3.19. The van der Waals surface area contributed by atoms with E-state index in [2.05, 4.69) is 9.97 Å². The Balaban J connectivity index is 2.04. The fourth-order valence-electron chi connectivity index (χ4n) is 2.55. The molecule has 2 heterocycles. The van der Waals surface area contributed by atoms with Crippen molar-refractivity contribution in [3.05, 3.63) is 63.8 Å². The van der Waals surface area contributed by atoms with E-state index in [9.17, 15) is 30.8 Å². The Kier molecular flexibility index (Phi) is 6.93. The first-order valence-electron chi connectivity index (χ1n) is 9.08. The number of hydrogen-bond acceptors (Lipinski definition) is 6. The van der Waals surface area contributed by atoms with Gasteiger partial charge in [0.15, 0.2) is 11.6 Å². The Morgan fingerprint density at radius 1 is 1.18 bits per heavy atom. The normalized spacial score (nSPS) is 11.9. The molecule has 0 spiro atoms. The van der Waals surface area contributed by atoms with Crippen molar-refractivity contribution in [2.75, 3.05) is 10.5 Å². The van der Waals surface area contributed by atoms with Crippen LogP contribution in [0.15, 0.2) is 47.4 Å². The second kappa shape index (κ2) is 9.35. The third kappa shape index (κ3) is 6.65. The number of hydrogen-bond donors (Lipinski definition) is 1. The minimum atomic E-state index is -4.68. The van der Waals surface area contributed by atoms with Crippen molar-refractivity contribution in [3.63, 3.8) is 0 Å². The summed E-state index contributed by atoms with van der Waals surface area (Å²) in [6.07, 6.45) is -4.88. The van der Waals surface area contributed by atoms with Crippen molar-refractivity contribution in [2.45, 2.75) is 12.6 Å². The van der Waals surface area contributed by atoms with Crippen LogP contribution in [-0.2, 0) is 17.1 Å². The summed E-state index contributed by atoms with van der Waals surface area (Å²) in [5.74, 6) is -2.97. The van der Waals surface area contributed by atoms with E-state index in [1.807, 2.05) is 4.72 Å². The third-order valence-corrected chi connectivity index (χ3v) is 5.67. The quantitative estimate of drug-likeness (QED) is 0.483. The topological polar surface area (TPSA) is 103 Å². The van der Waals surface area contributed by atoms with E-state index in [4.69, 9.17) is 16.3 Å². The van der Waals surface area contributed by atoms with Crippen LogP contribution in [0.5, 0.6) is 11.8 Å². The Morgan fingerprint density at radius 2 is 1.91 bits per heavy atom. The molecule has 0 bridgehead atoms. The highest BCUT2D eigenvalue weighted by Gasteiger charge is 2.30. The number of sulfonamides is 1. The average molecular weight is 507 g/mol. The van der Waals surface area contributed by atoms with Gasteiger partial charge in [0.25, 0.3) is 0 Å². The van der Waals surface area contributed by atoms with Gasteiger partial charge in [-0.25, -0.2) is 12.8 Å². The molecule has 0 atom stereocenters. The van der Waals surface area contributed by atoms with E-state index in [-0.39, 0.29) is 16.3 Å². The number of aromatic nitrogens is 3. The predicted molar refractivity (Wildman–Crippen MR) is 112 cm³/mol. The van der Waals surface area contributed by atoms with Gasteiger partial charge in [0.05, 0.1) is 22.9 Å². The molecule has 1 aromatic carbocycles. The molecule has 0 amide bonds. The number of para-hydroxylation sites is 1. The van der Waals surface area contributed by atoms with Crippen LogP contribution in [0.25, 0.3) is 11.3 Å². The van der Waals surface area contributed by atoms with Crippen LogP contribution in [0.4, 0.5) is 23.4 Å². The first-order chi connectivity index (χ1) is 15.3. The van der Waals surface area contributed by atoms with E-state index >= 15 is 0 Å². The smallest absolute Gasteiger partial charge is 0.390 e. The zero-order valence-electron chi connectivity index (χ0n) is 16.7. The van der Waals surface area contributed by atoms with Gasteiger partial charge in [-0.05, 0) is 18.2 Å². The largest absolute Gasteiger partial charge is 0.419 e. The van der Waals surface area contributed by atoms with E-state index in [1.54, 1.807) is 0 Å². The Morgan fingerprint density at radius 3 is 2.55 bits per heavy atom. The van der Waals surface area contributed by atoms with Crippen molar-refractivity contribution >= 4 is 27.4 Å². The fraction of sp³-hybridized carbons (Fsp3) is 0.211. The maximum atomic E-state index is 14.1. The van der Waals surface area contributed by atoms with Crippen LogP contribution >= 0.6 is 11.6 Å². The summed E-state index contributed by atoms with van der Waals surface area (Å²) in [7, 11) is -3.00. The lowest BCUT2D eigenvalue weighted by Crippen LogP contribution is -2.22. The molecule has 3 rings (SSSR count). The lowest BCUT2D eigenvalue weighted by Gasteiger charge is -2.13. The summed E-state index contributed by atoms with van der Waals surface area (Å²) in [5.41, 5.74) is 0.0202. The van der Waals surface area contributed by atoms with Gasteiger partial charge in [-0.3, -0.25) is 9.52 Å². The van der Waals surface area contributed by atoms with Crippen LogP contribution in [0.3, 0.4) is 0 Å². The molecule has 0 saturated carbocycles. The second-order valence-corrected chi connectivity index (χ2v) is 8.98. The minimum Gasteiger partial charge on any atom is -0.419 e. The molecule has 33 heavy (non-hydrogen) atoms. The molecule has 14 heteroatoms. The van der Waals surface area contributed by atoms with E-state index < -0.39 is 51.8 Å². The molecular weight excluding hydrogens is 492 g/mol. The highest BCUT2D eigenvalue weighted by molar-refractivity contribution is 7.92. The predicted octanol–water partition coefficient (Wildman–Crippen LogP) is 4.12. The maximum absolute atomic E-state index is 14.1. The molecule has 0 aliphatic carbocycles. The number of aryl methyl sites for hydroxylation is 1. The number of ether oxygens (including phenoxy) is 1. The van der Waals surface area contributed by atoms with Gasteiger partial charge < -0.3 is 9.30 Å². The number of halogens is 5. The summed E-state index contributed by atoms with van der Waals surface area (Å²) in [6.45, 7) is 0. The summed E-state index contributed by atoms with van der Waals surface area (Å²) in [5, 5.41) is -0.126. The highest BCUT2D eigenvalue weighted by Crippen LogP contribution is 2.32. The molecular formula is C19H15ClF4N4O4S. The fourth-order valence-corrected chi connectivity index (χ4v) is 3.78. The van der Waals surface area contributed by atoms with Crippen molar-refractivity contribution in [1.82, 2.24) is 14.5 Å². The number of benzene rings is 1. The van der Waals surface area contributed by atoms with Crippen molar-refractivity contribution < 1.29 is 30.7 Å². The molecule has 0 unspecified atom stereocenters. The van der Waals surface area contributed by atoms with E-state index in [0.29, 0.717) is 5.56 Å². The van der Waals surface area contributed by atoms with Crippen molar-refractivity contribution in [3.8, 4) is 23.0 Å². The molecule has 0 radical (unpaired) electrons. The standard InChI is InChI=1S/C19H15ClF4N4O4S/c1-28-10-11(5-6-16(28)29)14-9-15(27-33(30,31)8-7-19(22,23)24)26-18(25-14)32-17-12(20)3-2-4-13(17)21/h2-6,9-10H,7-8H2,1H3,(H,25,26,27). The third-order valence-electron chi connectivity index (χ3n) is 4.11. The molecule has 0 aliphatic heterocycles. The van der Waals surface area contributed by atoms with Gasteiger partial charge >= 0.3 is 12.2 Å². The van der Waals surface area contributed by atoms with Gasteiger partial charge in [0, 0.05) is 30.9 Å². The molecule has 0 aliphatic rings. The maximum Gasteiger partial charge on any atom is 0.390 e. The Bertz CT molecular complexity index is 1330. The van der Waals surface area contributed by atoms with Crippen LogP contribution in [0.2, 0.25) is 5.02 Å². The number of anilines is 1. The van der Waals surface area contributed by atoms with Gasteiger partial charge in [-0.15, -0.1) is 0 Å². The number of alkyl halides is 3. The monoisotopic (exact) mass is 506 g/mol. The van der Waals surface area contributed by atoms with Crippen LogP contribution in [0.1, 0.15) is 6.42 Å². The number of pyridine rings is 1. The molecule has 0 fully saturated rings. The zero-order valence-corrected chi connectivity index (χ0v) is 18.3. The summed E-state index contributed by atoms with van der Waals surface area (Å²) < 4.78 is 84.2.